The van der Waals surface area contributed by atoms with Crippen LogP contribution in [-0.2, 0) is 13.1 Å². The van der Waals surface area contributed by atoms with Crippen LogP contribution in [0.3, 0.4) is 0 Å². The van der Waals surface area contributed by atoms with Gasteiger partial charge in [-0.1, -0.05) is 33.1 Å². The largest absolute Gasteiger partial charge is 0.350 e. The fourth-order valence-corrected chi connectivity index (χ4v) is 3.17. The maximum Gasteiger partial charge on any atom is 0.0361 e. The highest BCUT2D eigenvalue weighted by Crippen LogP contribution is 2.26. The second-order valence-electron chi connectivity index (χ2n) is 5.71. The van der Waals surface area contributed by atoms with E-state index in [4.69, 9.17) is 0 Å². The van der Waals surface area contributed by atoms with Crippen LogP contribution in [0.25, 0.3) is 0 Å². The summed E-state index contributed by atoms with van der Waals surface area (Å²) in [5.41, 5.74) is 1.44. The lowest BCUT2D eigenvalue weighted by Crippen LogP contribution is -2.34. The summed E-state index contributed by atoms with van der Waals surface area (Å²) in [5.74, 6) is 0.957. The van der Waals surface area contributed by atoms with Gasteiger partial charge in [0.2, 0.25) is 0 Å². The van der Waals surface area contributed by atoms with E-state index in [1.807, 2.05) is 0 Å². The Hall–Kier alpha value is -0.760. The zero-order chi connectivity index (χ0) is 12.8. The number of aryl methyl sites for hydroxylation is 1. The van der Waals surface area contributed by atoms with Crippen LogP contribution in [0.1, 0.15) is 58.1 Å². The molecule has 2 rings (SSSR count). The van der Waals surface area contributed by atoms with Crippen molar-refractivity contribution >= 4 is 0 Å². The zero-order valence-electron chi connectivity index (χ0n) is 12.0. The van der Waals surface area contributed by atoms with E-state index in [0.717, 1.165) is 25.0 Å². The fourth-order valence-electron chi connectivity index (χ4n) is 3.17. The molecule has 0 saturated heterocycles. The SMILES string of the molecule is CCCn1cccc1CNC1CCCC(CC)C1. The average Bonchev–Trinajstić information content (AvgIpc) is 2.85. The minimum atomic E-state index is 0.744. The number of nitrogens with one attached hydrogen (secondary N) is 1. The lowest BCUT2D eigenvalue weighted by molar-refractivity contribution is 0.277. The van der Waals surface area contributed by atoms with Crippen LogP contribution in [0.2, 0.25) is 0 Å². The smallest absolute Gasteiger partial charge is 0.0361 e. The van der Waals surface area contributed by atoms with Gasteiger partial charge in [0, 0.05) is 31.0 Å². The number of rotatable bonds is 6. The third kappa shape index (κ3) is 3.61. The van der Waals surface area contributed by atoms with Crippen molar-refractivity contribution in [2.24, 2.45) is 5.92 Å². The summed E-state index contributed by atoms with van der Waals surface area (Å²) in [6, 6.07) is 5.17. The molecule has 1 aliphatic rings. The molecule has 1 aliphatic carbocycles. The normalized spacial score (nSPS) is 24.3. The Morgan fingerprint density at radius 2 is 2.22 bits per heavy atom. The van der Waals surface area contributed by atoms with Gasteiger partial charge in [-0.2, -0.15) is 0 Å². The molecule has 2 atom stereocenters. The van der Waals surface area contributed by atoms with Gasteiger partial charge in [-0.15, -0.1) is 0 Å². The van der Waals surface area contributed by atoms with Crippen molar-refractivity contribution in [1.82, 2.24) is 9.88 Å². The molecule has 1 heterocycles. The monoisotopic (exact) mass is 248 g/mol. The van der Waals surface area contributed by atoms with Gasteiger partial charge < -0.3 is 9.88 Å². The molecule has 0 radical (unpaired) electrons. The molecule has 2 nitrogen and oxygen atoms in total. The summed E-state index contributed by atoms with van der Waals surface area (Å²) in [6.07, 6.45) is 10.4. The molecule has 1 aromatic heterocycles. The second-order valence-corrected chi connectivity index (χ2v) is 5.71. The summed E-state index contributed by atoms with van der Waals surface area (Å²) < 4.78 is 2.38. The molecule has 0 amide bonds. The standard InChI is InChI=1S/C16H28N2/c1-3-10-18-11-6-9-16(18)13-17-15-8-5-7-14(4-2)12-15/h6,9,11,14-15,17H,3-5,7-8,10,12-13H2,1-2H3. The van der Waals surface area contributed by atoms with Gasteiger partial charge in [0.05, 0.1) is 0 Å². The van der Waals surface area contributed by atoms with Gasteiger partial charge in [-0.25, -0.2) is 0 Å². The molecule has 2 unspecified atom stereocenters. The van der Waals surface area contributed by atoms with Crippen LogP contribution in [0.5, 0.6) is 0 Å². The molecule has 1 aromatic rings. The Labute approximate surface area is 112 Å². The Kier molecular flexibility index (Phi) is 5.30. The van der Waals surface area contributed by atoms with Gasteiger partial charge in [0.15, 0.2) is 0 Å². The summed E-state index contributed by atoms with van der Waals surface area (Å²) in [4.78, 5) is 0. The lowest BCUT2D eigenvalue weighted by atomic mass is 9.84. The van der Waals surface area contributed by atoms with Gasteiger partial charge in [0.25, 0.3) is 0 Å². The molecule has 1 N–H and O–H groups in total. The first-order chi connectivity index (χ1) is 8.83. The predicted molar refractivity (Wildman–Crippen MR) is 77.6 cm³/mol. The van der Waals surface area contributed by atoms with Gasteiger partial charge in [-0.3, -0.25) is 0 Å². The lowest BCUT2D eigenvalue weighted by Gasteiger charge is -2.29. The molecule has 18 heavy (non-hydrogen) atoms. The van der Waals surface area contributed by atoms with Crippen molar-refractivity contribution < 1.29 is 0 Å². The molecule has 1 saturated carbocycles. The van der Waals surface area contributed by atoms with E-state index >= 15 is 0 Å². The second kappa shape index (κ2) is 6.98. The van der Waals surface area contributed by atoms with Crippen LogP contribution in [-0.4, -0.2) is 10.6 Å². The first-order valence-corrected chi connectivity index (χ1v) is 7.70. The Morgan fingerprint density at radius 1 is 1.33 bits per heavy atom. The first-order valence-electron chi connectivity index (χ1n) is 7.70. The van der Waals surface area contributed by atoms with Crippen LogP contribution in [0, 0.1) is 5.92 Å². The van der Waals surface area contributed by atoms with Crippen LogP contribution >= 0.6 is 0 Å². The van der Waals surface area contributed by atoms with E-state index in [0.29, 0.717) is 0 Å². The Balaban J connectivity index is 1.81. The molecule has 0 aromatic carbocycles. The van der Waals surface area contributed by atoms with E-state index in [2.05, 4.69) is 42.1 Å². The highest BCUT2D eigenvalue weighted by atomic mass is 15.0. The molecule has 102 valence electrons. The molecular weight excluding hydrogens is 220 g/mol. The maximum absolute atomic E-state index is 3.77. The van der Waals surface area contributed by atoms with Crippen molar-refractivity contribution in [3.05, 3.63) is 24.0 Å². The topological polar surface area (TPSA) is 17.0 Å². The third-order valence-corrected chi connectivity index (χ3v) is 4.32. The minimum absolute atomic E-state index is 0.744. The molecule has 2 heteroatoms. The minimum Gasteiger partial charge on any atom is -0.350 e. The average molecular weight is 248 g/mol. The third-order valence-electron chi connectivity index (χ3n) is 4.32. The molecular formula is C16H28N2. The van der Waals surface area contributed by atoms with Gasteiger partial charge in [0.1, 0.15) is 0 Å². The summed E-state index contributed by atoms with van der Waals surface area (Å²) in [7, 11) is 0. The van der Waals surface area contributed by atoms with Crippen molar-refractivity contribution in [2.45, 2.75) is 71.5 Å². The Morgan fingerprint density at radius 3 is 3.00 bits per heavy atom. The summed E-state index contributed by atoms with van der Waals surface area (Å²) in [6.45, 7) is 6.75. The summed E-state index contributed by atoms with van der Waals surface area (Å²) in [5, 5.41) is 3.77. The maximum atomic E-state index is 3.77. The number of hydrogen-bond acceptors (Lipinski definition) is 1. The molecule has 0 bridgehead atoms. The van der Waals surface area contributed by atoms with Crippen molar-refractivity contribution in [1.29, 1.82) is 0 Å². The first kappa shape index (κ1) is 13.7. The molecule has 1 fully saturated rings. The highest BCUT2D eigenvalue weighted by Gasteiger charge is 2.20. The van der Waals surface area contributed by atoms with Gasteiger partial charge in [-0.05, 0) is 37.3 Å². The highest BCUT2D eigenvalue weighted by molar-refractivity contribution is 5.07. The van der Waals surface area contributed by atoms with Crippen LogP contribution < -0.4 is 5.32 Å². The quantitative estimate of drug-likeness (QED) is 0.806. The number of hydrogen-bond donors (Lipinski definition) is 1. The predicted octanol–water partition coefficient (Wildman–Crippen LogP) is 3.96. The fraction of sp³-hybridized carbons (Fsp3) is 0.750. The van der Waals surface area contributed by atoms with E-state index in [9.17, 15) is 0 Å². The van der Waals surface area contributed by atoms with Crippen molar-refractivity contribution in [3.63, 3.8) is 0 Å². The van der Waals surface area contributed by atoms with Crippen LogP contribution in [0.4, 0.5) is 0 Å². The van der Waals surface area contributed by atoms with E-state index in [1.54, 1.807) is 0 Å². The summed E-state index contributed by atoms with van der Waals surface area (Å²) >= 11 is 0. The van der Waals surface area contributed by atoms with Gasteiger partial charge >= 0.3 is 0 Å². The molecule has 0 spiro atoms. The number of aromatic nitrogens is 1. The van der Waals surface area contributed by atoms with E-state index in [-0.39, 0.29) is 0 Å². The van der Waals surface area contributed by atoms with E-state index < -0.39 is 0 Å². The van der Waals surface area contributed by atoms with E-state index in [1.165, 1.54) is 44.2 Å². The Bertz CT molecular complexity index is 343. The number of nitrogens with zero attached hydrogens (tertiary/aromatic N) is 1. The van der Waals surface area contributed by atoms with Crippen LogP contribution in [0.15, 0.2) is 18.3 Å². The molecule has 0 aliphatic heterocycles. The van der Waals surface area contributed by atoms with Crippen molar-refractivity contribution in [2.75, 3.05) is 0 Å². The van der Waals surface area contributed by atoms with Crippen molar-refractivity contribution in [3.8, 4) is 0 Å². The zero-order valence-corrected chi connectivity index (χ0v) is 12.0.